The number of carbonyl (C=O) groups excluding carboxylic acids is 2. The molecule has 1 fully saturated rings. The first-order chi connectivity index (χ1) is 12.1. The van der Waals surface area contributed by atoms with E-state index in [2.05, 4.69) is 14.6 Å². The lowest BCUT2D eigenvalue weighted by molar-refractivity contribution is 0.0593. The van der Waals surface area contributed by atoms with E-state index in [-0.39, 0.29) is 23.1 Å². The number of carbonyl (C=O) groups is 2. The second-order valence-corrected chi connectivity index (χ2v) is 5.66. The number of halogens is 1. The minimum atomic E-state index is -0.573. The first-order valence-corrected chi connectivity index (χ1v) is 7.93. The van der Waals surface area contributed by atoms with Crippen LogP contribution in [0.3, 0.4) is 0 Å². The van der Waals surface area contributed by atoms with Gasteiger partial charge in [-0.05, 0) is 36.4 Å². The first-order valence-electron chi connectivity index (χ1n) is 7.93. The van der Waals surface area contributed by atoms with Crippen molar-refractivity contribution in [2.24, 2.45) is 0 Å². The highest BCUT2D eigenvalue weighted by Gasteiger charge is 2.24. The number of pyridine rings is 1. The van der Waals surface area contributed by atoms with Gasteiger partial charge in [0.25, 0.3) is 5.91 Å². The standard InChI is InChI=1S/C18H18FN3O3/c1-25-18(24)16-4-2-3-15(20-16)17(23)22-11-9-21(10-12-22)14-7-5-13(19)6-8-14/h2-8H,9-12H2,1H3. The predicted molar refractivity (Wildman–Crippen MR) is 90.1 cm³/mol. The van der Waals surface area contributed by atoms with Gasteiger partial charge in [0.2, 0.25) is 0 Å². The Morgan fingerprint density at radius 3 is 2.28 bits per heavy atom. The summed E-state index contributed by atoms with van der Waals surface area (Å²) < 4.78 is 17.6. The molecule has 2 aromatic rings. The molecule has 2 heterocycles. The summed E-state index contributed by atoms with van der Waals surface area (Å²) in [4.78, 5) is 32.0. The van der Waals surface area contributed by atoms with Gasteiger partial charge in [0, 0.05) is 31.9 Å². The zero-order chi connectivity index (χ0) is 17.8. The molecule has 1 aromatic carbocycles. The van der Waals surface area contributed by atoms with E-state index in [0.29, 0.717) is 26.2 Å². The molecule has 0 unspecified atom stereocenters. The molecule has 3 rings (SSSR count). The van der Waals surface area contributed by atoms with Crippen molar-refractivity contribution in [1.29, 1.82) is 0 Å². The van der Waals surface area contributed by atoms with Gasteiger partial charge in [-0.15, -0.1) is 0 Å². The van der Waals surface area contributed by atoms with E-state index < -0.39 is 5.97 Å². The number of aromatic nitrogens is 1. The molecule has 0 N–H and O–H groups in total. The number of anilines is 1. The van der Waals surface area contributed by atoms with Crippen LogP contribution in [0, 0.1) is 5.82 Å². The maximum Gasteiger partial charge on any atom is 0.356 e. The van der Waals surface area contributed by atoms with Crippen LogP contribution in [0.2, 0.25) is 0 Å². The van der Waals surface area contributed by atoms with E-state index in [1.165, 1.54) is 25.3 Å². The summed E-state index contributed by atoms with van der Waals surface area (Å²) in [6, 6.07) is 11.0. The van der Waals surface area contributed by atoms with E-state index in [9.17, 15) is 14.0 Å². The molecule has 130 valence electrons. The van der Waals surface area contributed by atoms with Crippen molar-refractivity contribution in [2.45, 2.75) is 0 Å². The van der Waals surface area contributed by atoms with Gasteiger partial charge in [-0.25, -0.2) is 14.2 Å². The van der Waals surface area contributed by atoms with Crippen LogP contribution in [-0.2, 0) is 4.74 Å². The van der Waals surface area contributed by atoms with Gasteiger partial charge >= 0.3 is 5.97 Å². The van der Waals surface area contributed by atoms with Gasteiger partial charge in [-0.1, -0.05) is 6.07 Å². The molecule has 0 saturated carbocycles. The third kappa shape index (κ3) is 3.76. The number of benzene rings is 1. The molecular formula is C18H18FN3O3. The lowest BCUT2D eigenvalue weighted by atomic mass is 10.2. The summed E-state index contributed by atoms with van der Waals surface area (Å²) in [7, 11) is 1.27. The van der Waals surface area contributed by atoms with Gasteiger partial charge in [-0.3, -0.25) is 4.79 Å². The fraction of sp³-hybridized carbons (Fsp3) is 0.278. The maximum atomic E-state index is 13.0. The smallest absolute Gasteiger partial charge is 0.356 e. The molecule has 0 aliphatic carbocycles. The van der Waals surface area contributed by atoms with Crippen molar-refractivity contribution in [3.05, 3.63) is 59.7 Å². The fourth-order valence-corrected chi connectivity index (χ4v) is 2.75. The van der Waals surface area contributed by atoms with Gasteiger partial charge in [0.05, 0.1) is 7.11 Å². The van der Waals surface area contributed by atoms with Crippen molar-refractivity contribution in [3.63, 3.8) is 0 Å². The Morgan fingerprint density at radius 2 is 1.64 bits per heavy atom. The van der Waals surface area contributed by atoms with Crippen molar-refractivity contribution in [1.82, 2.24) is 9.88 Å². The van der Waals surface area contributed by atoms with Gasteiger partial charge in [0.15, 0.2) is 0 Å². The molecule has 1 aromatic heterocycles. The quantitative estimate of drug-likeness (QED) is 0.798. The third-order valence-electron chi connectivity index (χ3n) is 4.12. The number of ether oxygens (including phenoxy) is 1. The van der Waals surface area contributed by atoms with Crippen molar-refractivity contribution in [3.8, 4) is 0 Å². The van der Waals surface area contributed by atoms with E-state index in [4.69, 9.17) is 0 Å². The van der Waals surface area contributed by atoms with Crippen molar-refractivity contribution >= 4 is 17.6 Å². The van der Waals surface area contributed by atoms with Crippen LogP contribution >= 0.6 is 0 Å². The van der Waals surface area contributed by atoms with Crippen LogP contribution < -0.4 is 4.90 Å². The first kappa shape index (κ1) is 16.9. The maximum absolute atomic E-state index is 13.0. The number of esters is 1. The van der Waals surface area contributed by atoms with Gasteiger partial charge < -0.3 is 14.5 Å². The molecule has 0 atom stereocenters. The molecule has 1 amide bonds. The molecule has 1 saturated heterocycles. The van der Waals surface area contributed by atoms with Crippen LogP contribution in [0.5, 0.6) is 0 Å². The lowest BCUT2D eigenvalue weighted by Crippen LogP contribution is -2.49. The number of amides is 1. The van der Waals surface area contributed by atoms with Crippen LogP contribution in [-0.4, -0.2) is 55.0 Å². The van der Waals surface area contributed by atoms with Crippen molar-refractivity contribution < 1.29 is 18.7 Å². The molecule has 1 aliphatic rings. The average Bonchev–Trinajstić information content (AvgIpc) is 2.67. The molecule has 1 aliphatic heterocycles. The van der Waals surface area contributed by atoms with Crippen LogP contribution in [0.25, 0.3) is 0 Å². The van der Waals surface area contributed by atoms with Crippen LogP contribution in [0.15, 0.2) is 42.5 Å². The molecule has 0 spiro atoms. The highest BCUT2D eigenvalue weighted by molar-refractivity contribution is 5.94. The number of piperazine rings is 1. The topological polar surface area (TPSA) is 62.7 Å². The molecule has 0 bridgehead atoms. The lowest BCUT2D eigenvalue weighted by Gasteiger charge is -2.36. The number of nitrogens with zero attached hydrogens (tertiary/aromatic N) is 3. The van der Waals surface area contributed by atoms with E-state index in [1.807, 2.05) is 0 Å². The van der Waals surface area contributed by atoms with Crippen LogP contribution in [0.1, 0.15) is 21.0 Å². The number of hydrogen-bond acceptors (Lipinski definition) is 5. The SMILES string of the molecule is COC(=O)c1cccc(C(=O)N2CCN(c3ccc(F)cc3)CC2)n1. The largest absolute Gasteiger partial charge is 0.464 e. The third-order valence-corrected chi connectivity index (χ3v) is 4.12. The average molecular weight is 343 g/mol. The Hall–Kier alpha value is -2.96. The Bertz CT molecular complexity index is 771. The van der Waals surface area contributed by atoms with E-state index in [0.717, 1.165) is 5.69 Å². The number of rotatable bonds is 3. The summed E-state index contributed by atoms with van der Waals surface area (Å²) in [5, 5.41) is 0. The molecule has 0 radical (unpaired) electrons. The molecular weight excluding hydrogens is 325 g/mol. The Labute approximate surface area is 144 Å². The zero-order valence-electron chi connectivity index (χ0n) is 13.8. The molecule has 7 heteroatoms. The summed E-state index contributed by atoms with van der Waals surface area (Å²) in [5.74, 6) is -1.06. The molecule has 25 heavy (non-hydrogen) atoms. The summed E-state index contributed by atoms with van der Waals surface area (Å²) >= 11 is 0. The van der Waals surface area contributed by atoms with Crippen molar-refractivity contribution in [2.75, 3.05) is 38.2 Å². The molecule has 6 nitrogen and oxygen atoms in total. The normalized spacial score (nSPS) is 14.3. The van der Waals surface area contributed by atoms with Gasteiger partial charge in [-0.2, -0.15) is 0 Å². The number of hydrogen-bond donors (Lipinski definition) is 0. The van der Waals surface area contributed by atoms with Gasteiger partial charge in [0.1, 0.15) is 17.2 Å². The minimum absolute atomic E-state index is 0.110. The summed E-state index contributed by atoms with van der Waals surface area (Å²) in [5.41, 5.74) is 1.26. The Morgan fingerprint density at radius 1 is 1.00 bits per heavy atom. The Balaban J connectivity index is 1.65. The minimum Gasteiger partial charge on any atom is -0.464 e. The predicted octanol–water partition coefficient (Wildman–Crippen LogP) is 1.97. The zero-order valence-corrected chi connectivity index (χ0v) is 13.8. The fourth-order valence-electron chi connectivity index (χ4n) is 2.75. The monoisotopic (exact) mass is 343 g/mol. The second kappa shape index (κ2) is 7.29. The van der Waals surface area contributed by atoms with Crippen LogP contribution in [0.4, 0.5) is 10.1 Å². The summed E-state index contributed by atoms with van der Waals surface area (Å²) in [6.45, 7) is 2.35. The number of methoxy groups -OCH3 is 1. The summed E-state index contributed by atoms with van der Waals surface area (Å²) in [6.07, 6.45) is 0. The Kier molecular flexibility index (Phi) is 4.92. The van der Waals surface area contributed by atoms with E-state index >= 15 is 0 Å². The highest BCUT2D eigenvalue weighted by Crippen LogP contribution is 2.17. The highest BCUT2D eigenvalue weighted by atomic mass is 19.1. The second-order valence-electron chi connectivity index (χ2n) is 5.66. The van der Waals surface area contributed by atoms with E-state index in [1.54, 1.807) is 29.2 Å².